The second-order valence-corrected chi connectivity index (χ2v) is 8.59. The second-order valence-electron chi connectivity index (χ2n) is 8.59. The first kappa shape index (κ1) is 24.8. The van der Waals surface area contributed by atoms with E-state index in [9.17, 15) is 19.6 Å². The zero-order valence-corrected chi connectivity index (χ0v) is 18.9. The van der Waals surface area contributed by atoms with E-state index < -0.39 is 47.0 Å². The highest BCUT2D eigenvalue weighted by Gasteiger charge is 2.63. The van der Waals surface area contributed by atoms with Crippen molar-refractivity contribution in [3.8, 4) is 0 Å². The Hall–Kier alpha value is -2.45. The average Bonchev–Trinajstić information content (AvgIpc) is 2.73. The van der Waals surface area contributed by atoms with Crippen LogP contribution in [0.3, 0.4) is 0 Å². The predicted molar refractivity (Wildman–Crippen MR) is 112 cm³/mol. The van der Waals surface area contributed by atoms with Crippen molar-refractivity contribution < 1.29 is 38.7 Å². The van der Waals surface area contributed by atoms with Crippen molar-refractivity contribution in [3.05, 3.63) is 36.0 Å². The van der Waals surface area contributed by atoms with Crippen LogP contribution >= 0.6 is 0 Å². The Bertz CT molecular complexity index is 812. The lowest BCUT2D eigenvalue weighted by Crippen LogP contribution is -2.62. The molecule has 0 aromatic rings. The van der Waals surface area contributed by atoms with Crippen LogP contribution in [-0.4, -0.2) is 48.1 Å². The molecule has 0 amide bonds. The van der Waals surface area contributed by atoms with Gasteiger partial charge in [0.2, 0.25) is 0 Å². The molecular formula is C23H32O8. The minimum absolute atomic E-state index is 0.0569. The van der Waals surface area contributed by atoms with E-state index in [0.717, 1.165) is 0 Å². The molecule has 0 heterocycles. The maximum Gasteiger partial charge on any atom is 0.333 e. The molecule has 0 aliphatic heterocycles. The SMILES string of the molecule is C=C(C(=O)OC)[C@H]1C[C@@]2(OO)C(=C)[C@@H](OC(=O)/C(C)=C\C)CC[C@]2(C)C[C@H]1OC(C)=O. The van der Waals surface area contributed by atoms with Crippen LogP contribution in [0.4, 0.5) is 0 Å². The van der Waals surface area contributed by atoms with E-state index >= 15 is 0 Å². The number of carbonyl (C=O) groups is 3. The van der Waals surface area contributed by atoms with Gasteiger partial charge in [-0.25, -0.2) is 14.5 Å². The van der Waals surface area contributed by atoms with Crippen molar-refractivity contribution in [3.63, 3.8) is 0 Å². The molecule has 2 fully saturated rings. The van der Waals surface area contributed by atoms with Gasteiger partial charge < -0.3 is 14.2 Å². The van der Waals surface area contributed by atoms with E-state index in [1.54, 1.807) is 19.9 Å². The highest BCUT2D eigenvalue weighted by Crippen LogP contribution is 2.59. The van der Waals surface area contributed by atoms with Crippen LogP contribution in [0, 0.1) is 11.3 Å². The first-order chi connectivity index (χ1) is 14.5. The number of rotatable bonds is 6. The summed E-state index contributed by atoms with van der Waals surface area (Å²) in [7, 11) is 1.23. The summed E-state index contributed by atoms with van der Waals surface area (Å²) in [4.78, 5) is 41.4. The summed E-state index contributed by atoms with van der Waals surface area (Å²) in [5.74, 6) is -2.29. The van der Waals surface area contributed by atoms with Crippen molar-refractivity contribution in [2.75, 3.05) is 7.11 Å². The maximum atomic E-state index is 12.3. The summed E-state index contributed by atoms with van der Waals surface area (Å²) in [5.41, 5.74) is -1.08. The summed E-state index contributed by atoms with van der Waals surface area (Å²) < 4.78 is 16.0. The molecule has 2 aliphatic carbocycles. The number of fused-ring (bicyclic) bond motifs is 1. The summed E-state index contributed by atoms with van der Waals surface area (Å²) >= 11 is 0. The molecule has 0 spiro atoms. The zero-order valence-electron chi connectivity index (χ0n) is 18.9. The van der Waals surface area contributed by atoms with E-state index in [0.29, 0.717) is 30.4 Å². The van der Waals surface area contributed by atoms with Gasteiger partial charge in [0.1, 0.15) is 17.8 Å². The summed E-state index contributed by atoms with van der Waals surface area (Å²) in [6.45, 7) is 14.5. The molecule has 172 valence electrons. The second kappa shape index (κ2) is 9.36. The minimum atomic E-state index is -1.34. The van der Waals surface area contributed by atoms with Crippen LogP contribution in [0.2, 0.25) is 0 Å². The molecule has 5 atom stereocenters. The molecule has 31 heavy (non-hydrogen) atoms. The molecule has 0 bridgehead atoms. The monoisotopic (exact) mass is 436 g/mol. The molecule has 8 heteroatoms. The van der Waals surface area contributed by atoms with Gasteiger partial charge in [0.15, 0.2) is 0 Å². The van der Waals surface area contributed by atoms with Crippen molar-refractivity contribution >= 4 is 17.9 Å². The Kier molecular flexibility index (Phi) is 7.49. The summed E-state index contributed by atoms with van der Waals surface area (Å²) in [5, 5.41) is 10.1. The maximum absolute atomic E-state index is 12.3. The third-order valence-electron chi connectivity index (χ3n) is 6.82. The molecule has 8 nitrogen and oxygen atoms in total. The van der Waals surface area contributed by atoms with Crippen molar-refractivity contribution in [1.29, 1.82) is 0 Å². The number of methoxy groups -OCH3 is 1. The van der Waals surface area contributed by atoms with Crippen molar-refractivity contribution in [2.24, 2.45) is 11.3 Å². The van der Waals surface area contributed by atoms with Crippen LogP contribution in [0.1, 0.15) is 53.4 Å². The van der Waals surface area contributed by atoms with Gasteiger partial charge in [-0.2, -0.15) is 0 Å². The van der Waals surface area contributed by atoms with Crippen LogP contribution in [-0.2, 0) is 33.5 Å². The quantitative estimate of drug-likeness (QED) is 0.168. The molecule has 0 saturated heterocycles. The summed E-state index contributed by atoms with van der Waals surface area (Å²) in [6.07, 6.45) is 1.64. The van der Waals surface area contributed by atoms with E-state index in [4.69, 9.17) is 19.1 Å². The van der Waals surface area contributed by atoms with Gasteiger partial charge in [-0.15, -0.1) is 0 Å². The van der Waals surface area contributed by atoms with Gasteiger partial charge in [-0.3, -0.25) is 10.1 Å². The Morgan fingerprint density at radius 2 is 1.81 bits per heavy atom. The van der Waals surface area contributed by atoms with E-state index in [1.165, 1.54) is 14.0 Å². The van der Waals surface area contributed by atoms with Gasteiger partial charge in [0, 0.05) is 29.4 Å². The number of allylic oxidation sites excluding steroid dienone is 1. The minimum Gasteiger partial charge on any atom is -0.466 e. The standard InChI is InChI=1S/C23H32O8/c1-8-13(2)20(25)30-18-9-10-22(6)12-19(29-16(5)24)17(14(3)21(26)28-7)11-23(22,31-27)15(18)4/h8,17-19,27H,3-4,9-12H2,1-2,5-7H3/b13-8-/t17-,18+,19-,22-,23-/m1/s1. The molecule has 2 aliphatic rings. The van der Waals surface area contributed by atoms with Crippen LogP contribution in [0.25, 0.3) is 0 Å². The highest BCUT2D eigenvalue weighted by atomic mass is 17.1. The predicted octanol–water partition coefficient (Wildman–Crippen LogP) is 3.52. The normalized spacial score (nSPS) is 33.2. The van der Waals surface area contributed by atoms with Gasteiger partial charge in [0.05, 0.1) is 7.11 Å². The van der Waals surface area contributed by atoms with Gasteiger partial charge in [0.25, 0.3) is 0 Å². The van der Waals surface area contributed by atoms with Crippen LogP contribution < -0.4 is 0 Å². The van der Waals surface area contributed by atoms with Gasteiger partial charge >= 0.3 is 17.9 Å². The number of hydrogen-bond acceptors (Lipinski definition) is 8. The third-order valence-corrected chi connectivity index (χ3v) is 6.82. The fourth-order valence-corrected chi connectivity index (χ4v) is 4.79. The van der Waals surface area contributed by atoms with Crippen LogP contribution in [0.5, 0.6) is 0 Å². The van der Waals surface area contributed by atoms with Crippen molar-refractivity contribution in [2.45, 2.75) is 71.2 Å². The lowest BCUT2D eigenvalue weighted by Gasteiger charge is -2.58. The summed E-state index contributed by atoms with van der Waals surface area (Å²) in [6, 6.07) is 0. The first-order valence-electron chi connectivity index (χ1n) is 10.3. The van der Waals surface area contributed by atoms with Crippen LogP contribution in [0.15, 0.2) is 36.0 Å². The van der Waals surface area contributed by atoms with Gasteiger partial charge in [-0.1, -0.05) is 26.2 Å². The molecular weight excluding hydrogens is 404 g/mol. The first-order valence-corrected chi connectivity index (χ1v) is 10.3. The van der Waals surface area contributed by atoms with Crippen molar-refractivity contribution in [1.82, 2.24) is 0 Å². The Morgan fingerprint density at radius 1 is 1.16 bits per heavy atom. The van der Waals surface area contributed by atoms with E-state index in [-0.39, 0.29) is 12.0 Å². The number of ether oxygens (including phenoxy) is 3. The molecule has 2 rings (SSSR count). The molecule has 0 aromatic heterocycles. The highest BCUT2D eigenvalue weighted by molar-refractivity contribution is 5.89. The topological polar surface area (TPSA) is 108 Å². The lowest BCUT2D eigenvalue weighted by molar-refractivity contribution is -0.362. The number of esters is 3. The zero-order chi connectivity index (χ0) is 23.6. The molecule has 2 saturated carbocycles. The van der Waals surface area contributed by atoms with Gasteiger partial charge in [-0.05, 0) is 45.1 Å². The fraction of sp³-hybridized carbons (Fsp3) is 0.609. The van der Waals surface area contributed by atoms with E-state index in [2.05, 4.69) is 13.2 Å². The molecule has 0 radical (unpaired) electrons. The average molecular weight is 437 g/mol. The Balaban J connectivity index is 2.45. The molecule has 1 N–H and O–H groups in total. The third kappa shape index (κ3) is 4.45. The molecule has 0 aromatic carbocycles. The number of carbonyl (C=O) groups excluding carboxylic acids is 3. The largest absolute Gasteiger partial charge is 0.466 e. The van der Waals surface area contributed by atoms with E-state index in [1.807, 2.05) is 6.92 Å². The Labute approximate surface area is 182 Å². The number of hydrogen-bond donors (Lipinski definition) is 1. The molecule has 0 unspecified atom stereocenters. The smallest absolute Gasteiger partial charge is 0.333 e. The Morgan fingerprint density at radius 3 is 2.32 bits per heavy atom. The lowest BCUT2D eigenvalue weighted by atomic mass is 9.52. The fourth-order valence-electron chi connectivity index (χ4n) is 4.79.